The topological polar surface area (TPSA) is 79.3 Å². The Balaban J connectivity index is 2.25. The molecule has 1 unspecified atom stereocenters. The van der Waals surface area contributed by atoms with Crippen LogP contribution in [0.4, 0.5) is 0 Å². The zero-order valence-electron chi connectivity index (χ0n) is 11.3. The third-order valence-electron chi connectivity index (χ3n) is 2.91. The molecule has 22 heavy (non-hydrogen) atoms. The fourth-order valence-electron chi connectivity index (χ4n) is 1.94. The average Bonchev–Trinajstić information content (AvgIpc) is 2.46. The monoisotopic (exact) mass is 338 g/mol. The van der Waals surface area contributed by atoms with Gasteiger partial charge < -0.3 is 10.4 Å². The van der Waals surface area contributed by atoms with Gasteiger partial charge in [-0.15, -0.1) is 0 Å². The van der Waals surface area contributed by atoms with Crippen molar-refractivity contribution in [2.75, 3.05) is 0 Å². The summed E-state index contributed by atoms with van der Waals surface area (Å²) in [5, 5.41) is 12.2. The van der Waals surface area contributed by atoms with E-state index in [4.69, 9.17) is 28.3 Å². The number of nitrogens with one attached hydrogen (secondary N) is 1. The Bertz CT molecular complexity index is 707. The lowest BCUT2D eigenvalue weighted by Crippen LogP contribution is -2.31. The molecule has 5 nitrogen and oxygen atoms in total. The SMILES string of the molecule is O=C(O)CC(NC(=O)c1cccc(Cl)n1)c1ccccc1Cl. The van der Waals surface area contributed by atoms with Crippen molar-refractivity contribution in [2.24, 2.45) is 0 Å². The second-order valence-corrected chi connectivity index (χ2v) is 5.29. The maximum Gasteiger partial charge on any atom is 0.305 e. The van der Waals surface area contributed by atoms with Crippen LogP contribution in [0.3, 0.4) is 0 Å². The van der Waals surface area contributed by atoms with E-state index in [1.54, 1.807) is 36.4 Å². The van der Waals surface area contributed by atoms with Gasteiger partial charge in [0.1, 0.15) is 10.8 Å². The molecule has 0 aliphatic carbocycles. The Morgan fingerprint density at radius 2 is 1.86 bits per heavy atom. The van der Waals surface area contributed by atoms with Gasteiger partial charge in [0, 0.05) is 5.02 Å². The van der Waals surface area contributed by atoms with E-state index in [1.165, 1.54) is 6.07 Å². The van der Waals surface area contributed by atoms with Crippen LogP contribution in [0.5, 0.6) is 0 Å². The first-order valence-corrected chi connectivity index (χ1v) is 7.12. The first-order chi connectivity index (χ1) is 10.5. The number of aliphatic carboxylic acids is 1. The van der Waals surface area contributed by atoms with Gasteiger partial charge in [-0.25, -0.2) is 4.98 Å². The van der Waals surface area contributed by atoms with E-state index < -0.39 is 17.9 Å². The maximum absolute atomic E-state index is 12.2. The van der Waals surface area contributed by atoms with Gasteiger partial charge in [-0.2, -0.15) is 0 Å². The van der Waals surface area contributed by atoms with Crippen LogP contribution in [0.25, 0.3) is 0 Å². The summed E-state index contributed by atoms with van der Waals surface area (Å²) in [6.45, 7) is 0. The van der Waals surface area contributed by atoms with Crippen LogP contribution in [0, 0.1) is 0 Å². The number of halogens is 2. The first-order valence-electron chi connectivity index (χ1n) is 6.37. The number of carbonyl (C=O) groups is 2. The molecule has 0 spiro atoms. The van der Waals surface area contributed by atoms with Crippen molar-refractivity contribution in [3.8, 4) is 0 Å². The molecular weight excluding hydrogens is 327 g/mol. The van der Waals surface area contributed by atoms with E-state index >= 15 is 0 Å². The number of pyridine rings is 1. The first kappa shape index (κ1) is 16.3. The Morgan fingerprint density at radius 3 is 2.50 bits per heavy atom. The molecule has 0 radical (unpaired) electrons. The van der Waals surface area contributed by atoms with Crippen molar-refractivity contribution < 1.29 is 14.7 Å². The highest BCUT2D eigenvalue weighted by Gasteiger charge is 2.21. The lowest BCUT2D eigenvalue weighted by Gasteiger charge is -2.18. The van der Waals surface area contributed by atoms with Crippen LogP contribution in [0.1, 0.15) is 28.5 Å². The molecule has 7 heteroatoms. The molecule has 1 aromatic heterocycles. The predicted molar refractivity (Wildman–Crippen MR) is 83.2 cm³/mol. The van der Waals surface area contributed by atoms with Crippen LogP contribution in [0.2, 0.25) is 10.2 Å². The van der Waals surface area contributed by atoms with Crippen LogP contribution in [0.15, 0.2) is 42.5 Å². The van der Waals surface area contributed by atoms with Gasteiger partial charge >= 0.3 is 5.97 Å². The number of carbonyl (C=O) groups excluding carboxylic acids is 1. The second-order valence-electron chi connectivity index (χ2n) is 4.49. The van der Waals surface area contributed by atoms with Crippen LogP contribution < -0.4 is 5.32 Å². The van der Waals surface area contributed by atoms with Crippen LogP contribution >= 0.6 is 23.2 Å². The van der Waals surface area contributed by atoms with E-state index in [-0.39, 0.29) is 17.3 Å². The molecule has 0 saturated carbocycles. The number of amides is 1. The fraction of sp³-hybridized carbons (Fsp3) is 0.133. The molecule has 0 fully saturated rings. The zero-order chi connectivity index (χ0) is 16.1. The highest BCUT2D eigenvalue weighted by molar-refractivity contribution is 6.31. The quantitative estimate of drug-likeness (QED) is 0.819. The number of carboxylic acids is 1. The lowest BCUT2D eigenvalue weighted by atomic mass is 10.0. The maximum atomic E-state index is 12.2. The molecule has 1 heterocycles. The Labute approximate surface area is 136 Å². The van der Waals surface area contributed by atoms with Gasteiger partial charge in [0.15, 0.2) is 0 Å². The summed E-state index contributed by atoms with van der Waals surface area (Å²) in [5.74, 6) is -1.57. The predicted octanol–water partition coefficient (Wildman–Crippen LogP) is 3.33. The second kappa shape index (κ2) is 7.24. The van der Waals surface area contributed by atoms with Gasteiger partial charge in [0.05, 0.1) is 12.5 Å². The minimum Gasteiger partial charge on any atom is -0.481 e. The smallest absolute Gasteiger partial charge is 0.305 e. The molecule has 1 atom stereocenters. The van der Waals surface area contributed by atoms with E-state index in [1.807, 2.05) is 0 Å². The summed E-state index contributed by atoms with van der Waals surface area (Å²) in [4.78, 5) is 27.1. The summed E-state index contributed by atoms with van der Waals surface area (Å²) in [6.07, 6.45) is -0.296. The van der Waals surface area contributed by atoms with Gasteiger partial charge in [0.25, 0.3) is 5.91 Å². The van der Waals surface area contributed by atoms with Crippen LogP contribution in [-0.2, 0) is 4.79 Å². The number of hydrogen-bond acceptors (Lipinski definition) is 3. The number of carboxylic acid groups (broad SMARTS) is 1. The number of nitrogens with zero attached hydrogens (tertiary/aromatic N) is 1. The Morgan fingerprint density at radius 1 is 1.14 bits per heavy atom. The highest BCUT2D eigenvalue weighted by atomic mass is 35.5. The molecule has 0 bridgehead atoms. The summed E-state index contributed by atoms with van der Waals surface area (Å²) in [5.41, 5.74) is 0.636. The molecule has 0 aliphatic rings. The molecule has 2 aromatic rings. The standard InChI is InChI=1S/C15H12Cl2N2O3/c16-10-5-2-1-4-9(10)12(8-14(20)21)19-15(22)11-6-3-7-13(17)18-11/h1-7,12H,8H2,(H,19,22)(H,20,21). The number of aromatic nitrogens is 1. The third kappa shape index (κ3) is 4.19. The van der Waals surface area contributed by atoms with Crippen LogP contribution in [-0.4, -0.2) is 22.0 Å². The summed E-state index contributed by atoms with van der Waals surface area (Å²) in [6, 6.07) is 10.6. The lowest BCUT2D eigenvalue weighted by molar-refractivity contribution is -0.137. The van der Waals surface area contributed by atoms with E-state index in [2.05, 4.69) is 10.3 Å². The van der Waals surface area contributed by atoms with Crippen molar-refractivity contribution in [1.29, 1.82) is 0 Å². The fourth-order valence-corrected chi connectivity index (χ4v) is 2.37. The number of hydrogen-bond donors (Lipinski definition) is 2. The van der Waals surface area contributed by atoms with Gasteiger partial charge in [-0.1, -0.05) is 47.5 Å². The van der Waals surface area contributed by atoms with Crippen molar-refractivity contribution in [3.63, 3.8) is 0 Å². The Hall–Kier alpha value is -2.11. The average molecular weight is 339 g/mol. The van der Waals surface area contributed by atoms with Crippen molar-refractivity contribution in [2.45, 2.75) is 12.5 Å². The number of benzene rings is 1. The van der Waals surface area contributed by atoms with Crippen molar-refractivity contribution >= 4 is 35.1 Å². The zero-order valence-corrected chi connectivity index (χ0v) is 12.8. The summed E-state index contributed by atoms with van der Waals surface area (Å²) in [7, 11) is 0. The van der Waals surface area contributed by atoms with Crippen molar-refractivity contribution in [3.05, 3.63) is 63.9 Å². The minimum atomic E-state index is -1.05. The van der Waals surface area contributed by atoms with Gasteiger partial charge in [-0.05, 0) is 23.8 Å². The highest BCUT2D eigenvalue weighted by Crippen LogP contribution is 2.25. The molecule has 2 N–H and O–H groups in total. The number of rotatable bonds is 5. The molecular formula is C15H12Cl2N2O3. The van der Waals surface area contributed by atoms with Gasteiger partial charge in [-0.3, -0.25) is 9.59 Å². The van der Waals surface area contributed by atoms with Gasteiger partial charge in [0.2, 0.25) is 0 Å². The largest absolute Gasteiger partial charge is 0.481 e. The molecule has 1 aromatic carbocycles. The van der Waals surface area contributed by atoms with E-state index in [9.17, 15) is 9.59 Å². The molecule has 1 amide bonds. The van der Waals surface area contributed by atoms with Crippen molar-refractivity contribution in [1.82, 2.24) is 10.3 Å². The normalized spacial score (nSPS) is 11.7. The van der Waals surface area contributed by atoms with E-state index in [0.29, 0.717) is 10.6 Å². The minimum absolute atomic E-state index is 0.106. The molecule has 2 rings (SSSR count). The Kier molecular flexibility index (Phi) is 5.35. The summed E-state index contributed by atoms with van der Waals surface area (Å²) < 4.78 is 0. The molecule has 114 valence electrons. The molecule has 0 aliphatic heterocycles. The third-order valence-corrected chi connectivity index (χ3v) is 3.47. The summed E-state index contributed by atoms with van der Waals surface area (Å²) >= 11 is 11.8. The van der Waals surface area contributed by atoms with E-state index in [0.717, 1.165) is 0 Å². The molecule has 0 saturated heterocycles.